The van der Waals surface area contributed by atoms with Gasteiger partial charge in [0.05, 0.1) is 0 Å². The number of carboxylic acids is 1. The van der Waals surface area contributed by atoms with Gasteiger partial charge in [0.1, 0.15) is 0 Å². The Morgan fingerprint density at radius 2 is 2.29 bits per heavy atom. The second-order valence-corrected chi connectivity index (χ2v) is 4.23. The summed E-state index contributed by atoms with van der Waals surface area (Å²) in [5.74, 6) is -1.35. The Morgan fingerprint density at radius 3 is 2.76 bits per heavy atom. The number of likely N-dealkylation sites (N-methyl/N-ethyl adjacent to an activating group) is 1. The lowest BCUT2D eigenvalue weighted by atomic mass is 10.1. The molecule has 0 aliphatic carbocycles. The third-order valence-electron chi connectivity index (χ3n) is 2.91. The molecule has 0 fully saturated rings. The zero-order chi connectivity index (χ0) is 13.0. The Kier molecular flexibility index (Phi) is 4.48. The van der Waals surface area contributed by atoms with Gasteiger partial charge in [-0.25, -0.2) is 4.79 Å². The molecule has 1 rings (SSSR count). The SMILES string of the molecule is CCCC(C)N(C)C(=O)C1CC(C(=O)O)=NO1. The van der Waals surface area contributed by atoms with Crippen molar-refractivity contribution in [2.24, 2.45) is 5.16 Å². The van der Waals surface area contributed by atoms with E-state index in [4.69, 9.17) is 9.94 Å². The Hall–Kier alpha value is -1.59. The average Bonchev–Trinajstić information content (AvgIpc) is 2.76. The summed E-state index contributed by atoms with van der Waals surface area (Å²) in [5.41, 5.74) is -0.0973. The van der Waals surface area contributed by atoms with Crippen molar-refractivity contribution in [3.63, 3.8) is 0 Å². The highest BCUT2D eigenvalue weighted by Gasteiger charge is 2.34. The molecule has 17 heavy (non-hydrogen) atoms. The highest BCUT2D eigenvalue weighted by Crippen LogP contribution is 2.15. The number of oxime groups is 1. The van der Waals surface area contributed by atoms with E-state index in [2.05, 4.69) is 5.16 Å². The molecule has 6 nitrogen and oxygen atoms in total. The molecule has 0 aromatic rings. The molecule has 1 amide bonds. The highest BCUT2D eigenvalue weighted by atomic mass is 16.6. The molecule has 2 unspecified atom stereocenters. The maximum Gasteiger partial charge on any atom is 0.353 e. The van der Waals surface area contributed by atoms with Crippen molar-refractivity contribution in [2.75, 3.05) is 7.05 Å². The average molecular weight is 242 g/mol. The monoisotopic (exact) mass is 242 g/mol. The zero-order valence-corrected chi connectivity index (χ0v) is 10.3. The number of carbonyl (C=O) groups excluding carboxylic acids is 1. The summed E-state index contributed by atoms with van der Waals surface area (Å²) in [6, 6.07) is 0.116. The largest absolute Gasteiger partial charge is 0.477 e. The molecule has 0 spiro atoms. The smallest absolute Gasteiger partial charge is 0.353 e. The van der Waals surface area contributed by atoms with Crippen LogP contribution >= 0.6 is 0 Å². The maximum absolute atomic E-state index is 12.0. The van der Waals surface area contributed by atoms with Gasteiger partial charge >= 0.3 is 5.97 Å². The summed E-state index contributed by atoms with van der Waals surface area (Å²) in [6.07, 6.45) is 1.14. The van der Waals surface area contributed by atoms with E-state index in [1.807, 2.05) is 13.8 Å². The second-order valence-electron chi connectivity index (χ2n) is 4.23. The maximum atomic E-state index is 12.0. The van der Waals surface area contributed by atoms with Crippen molar-refractivity contribution < 1.29 is 19.5 Å². The first-order valence-electron chi connectivity index (χ1n) is 5.70. The zero-order valence-electron chi connectivity index (χ0n) is 10.3. The number of carbonyl (C=O) groups is 2. The third kappa shape index (κ3) is 3.18. The van der Waals surface area contributed by atoms with Gasteiger partial charge in [-0.05, 0) is 13.3 Å². The Balaban J connectivity index is 2.53. The first kappa shape index (κ1) is 13.5. The topological polar surface area (TPSA) is 79.2 Å². The molecule has 0 aromatic heterocycles. The number of hydrogen-bond donors (Lipinski definition) is 1. The fourth-order valence-electron chi connectivity index (χ4n) is 1.69. The molecule has 2 atom stereocenters. The molecule has 0 saturated heterocycles. The van der Waals surface area contributed by atoms with Gasteiger partial charge in [0.2, 0.25) is 6.10 Å². The fraction of sp³-hybridized carbons (Fsp3) is 0.727. The van der Waals surface area contributed by atoms with E-state index < -0.39 is 12.1 Å². The normalized spacial score (nSPS) is 20.4. The second kappa shape index (κ2) is 5.65. The molecule has 0 radical (unpaired) electrons. The molecule has 1 aliphatic heterocycles. The Labute approximate surface area is 100 Å². The fourth-order valence-corrected chi connectivity index (χ4v) is 1.69. The summed E-state index contributed by atoms with van der Waals surface area (Å²) >= 11 is 0. The summed E-state index contributed by atoms with van der Waals surface area (Å²) in [6.45, 7) is 4.00. The van der Waals surface area contributed by atoms with Crippen molar-refractivity contribution in [1.29, 1.82) is 0 Å². The quantitative estimate of drug-likeness (QED) is 0.775. The summed E-state index contributed by atoms with van der Waals surface area (Å²) in [7, 11) is 1.70. The van der Waals surface area contributed by atoms with Crippen LogP contribution < -0.4 is 0 Å². The van der Waals surface area contributed by atoms with E-state index in [0.29, 0.717) is 0 Å². The number of aliphatic carboxylic acids is 1. The van der Waals surface area contributed by atoms with Crippen LogP contribution in [-0.2, 0) is 14.4 Å². The molecule has 1 N–H and O–H groups in total. The number of rotatable bonds is 5. The van der Waals surface area contributed by atoms with Gasteiger partial charge in [-0.1, -0.05) is 18.5 Å². The van der Waals surface area contributed by atoms with Crippen molar-refractivity contribution >= 4 is 17.6 Å². The van der Waals surface area contributed by atoms with Crippen molar-refractivity contribution in [2.45, 2.75) is 45.3 Å². The molecule has 0 bridgehead atoms. The number of hydrogen-bond acceptors (Lipinski definition) is 4. The van der Waals surface area contributed by atoms with Gasteiger partial charge in [-0.15, -0.1) is 0 Å². The molecule has 1 heterocycles. The Bertz CT molecular complexity index is 340. The van der Waals surface area contributed by atoms with Crippen LogP contribution in [0.3, 0.4) is 0 Å². The van der Waals surface area contributed by atoms with Gasteiger partial charge in [-0.3, -0.25) is 4.79 Å². The molecule has 1 aliphatic rings. The van der Waals surface area contributed by atoms with E-state index in [1.165, 1.54) is 0 Å². The van der Waals surface area contributed by atoms with E-state index >= 15 is 0 Å². The van der Waals surface area contributed by atoms with Crippen LogP contribution in [0.1, 0.15) is 33.1 Å². The molecule has 0 aromatic carbocycles. The van der Waals surface area contributed by atoms with Gasteiger partial charge in [0.25, 0.3) is 5.91 Å². The van der Waals surface area contributed by atoms with Crippen molar-refractivity contribution in [3.8, 4) is 0 Å². The van der Waals surface area contributed by atoms with E-state index in [1.54, 1.807) is 11.9 Å². The summed E-state index contributed by atoms with van der Waals surface area (Å²) in [4.78, 5) is 29.1. The van der Waals surface area contributed by atoms with Crippen LogP contribution in [0.2, 0.25) is 0 Å². The highest BCUT2D eigenvalue weighted by molar-refractivity contribution is 6.36. The summed E-state index contributed by atoms with van der Waals surface area (Å²) < 4.78 is 0. The van der Waals surface area contributed by atoms with Gasteiger partial charge in [0.15, 0.2) is 5.71 Å². The van der Waals surface area contributed by atoms with Gasteiger partial charge in [0, 0.05) is 19.5 Å². The van der Waals surface area contributed by atoms with Crippen LogP contribution in [0.5, 0.6) is 0 Å². The number of nitrogens with zero attached hydrogens (tertiary/aromatic N) is 2. The summed E-state index contributed by atoms with van der Waals surface area (Å²) in [5, 5.41) is 12.1. The van der Waals surface area contributed by atoms with E-state index in [9.17, 15) is 9.59 Å². The molecular formula is C11H18N2O4. The van der Waals surface area contributed by atoms with Crippen LogP contribution in [0, 0.1) is 0 Å². The van der Waals surface area contributed by atoms with Crippen LogP contribution in [0.15, 0.2) is 5.16 Å². The molecular weight excluding hydrogens is 224 g/mol. The molecule has 96 valence electrons. The van der Waals surface area contributed by atoms with Crippen molar-refractivity contribution in [3.05, 3.63) is 0 Å². The molecule has 6 heteroatoms. The predicted molar refractivity (Wildman–Crippen MR) is 61.7 cm³/mol. The van der Waals surface area contributed by atoms with Crippen LogP contribution in [-0.4, -0.2) is 46.8 Å². The minimum atomic E-state index is -1.13. The standard InChI is InChI=1S/C11H18N2O4/c1-4-5-7(2)13(3)10(14)9-6-8(11(15)16)12-17-9/h7,9H,4-6H2,1-3H3,(H,15,16). The van der Waals surface area contributed by atoms with Crippen LogP contribution in [0.4, 0.5) is 0 Å². The lowest BCUT2D eigenvalue weighted by Gasteiger charge is -2.26. The predicted octanol–water partition coefficient (Wildman–Crippen LogP) is 0.863. The Morgan fingerprint density at radius 1 is 1.65 bits per heavy atom. The van der Waals surface area contributed by atoms with E-state index in [0.717, 1.165) is 12.8 Å². The van der Waals surface area contributed by atoms with Gasteiger partial charge in [-0.2, -0.15) is 0 Å². The van der Waals surface area contributed by atoms with E-state index in [-0.39, 0.29) is 24.1 Å². The number of amides is 1. The lowest BCUT2D eigenvalue weighted by Crippen LogP contribution is -2.42. The first-order chi connectivity index (χ1) is 7.97. The minimum absolute atomic E-state index is 0.0390. The first-order valence-corrected chi connectivity index (χ1v) is 5.70. The molecule has 0 saturated carbocycles. The third-order valence-corrected chi connectivity index (χ3v) is 2.91. The number of carboxylic acid groups (broad SMARTS) is 1. The van der Waals surface area contributed by atoms with Crippen molar-refractivity contribution in [1.82, 2.24) is 4.90 Å². The lowest BCUT2D eigenvalue weighted by molar-refractivity contribution is -0.142. The minimum Gasteiger partial charge on any atom is -0.477 e. The van der Waals surface area contributed by atoms with Gasteiger partial charge < -0.3 is 14.8 Å². The van der Waals surface area contributed by atoms with Crippen LogP contribution in [0.25, 0.3) is 0 Å².